The Morgan fingerprint density at radius 2 is 1.81 bits per heavy atom. The van der Waals surface area contributed by atoms with Gasteiger partial charge in [-0.1, -0.05) is 24.3 Å². The number of carbonyl (C=O) groups excluding carboxylic acids is 1. The van der Waals surface area contributed by atoms with Crippen molar-refractivity contribution in [1.29, 1.82) is 0 Å². The van der Waals surface area contributed by atoms with E-state index < -0.39 is 35.9 Å². The molecule has 0 fully saturated rings. The third-order valence-electron chi connectivity index (χ3n) is 3.77. The lowest BCUT2D eigenvalue weighted by Gasteiger charge is -2.15. The van der Waals surface area contributed by atoms with Crippen LogP contribution < -0.4 is 9.47 Å². The molecule has 1 aromatic heterocycles. The van der Waals surface area contributed by atoms with Gasteiger partial charge in [-0.3, -0.25) is 0 Å². The van der Waals surface area contributed by atoms with Crippen LogP contribution in [-0.4, -0.2) is 41.4 Å². The van der Waals surface area contributed by atoms with Gasteiger partial charge in [0.1, 0.15) is 12.2 Å². The van der Waals surface area contributed by atoms with E-state index in [4.69, 9.17) is 14.2 Å². The number of methoxy groups -OCH3 is 2. The summed E-state index contributed by atoms with van der Waals surface area (Å²) in [4.78, 5) is 19.3. The maximum Gasteiger partial charge on any atom is 0.433 e. The monoisotopic (exact) mass is 442 g/mol. The number of hydrogen-bond donors (Lipinski definition) is 1. The van der Waals surface area contributed by atoms with Gasteiger partial charge in [-0.05, 0) is 19.4 Å². The zero-order chi connectivity index (χ0) is 23.2. The lowest BCUT2D eigenvalue weighted by Crippen LogP contribution is -2.15. The fraction of sp³-hybridized carbons (Fsp3) is 0.350. The van der Waals surface area contributed by atoms with Gasteiger partial charge in [0.15, 0.2) is 5.69 Å². The number of aliphatic hydroxyl groups excluding tert-OH is 1. The van der Waals surface area contributed by atoms with Gasteiger partial charge >= 0.3 is 18.2 Å². The predicted octanol–water partition coefficient (Wildman–Crippen LogP) is 3.91. The topological polar surface area (TPSA) is 100 Å². The SMILES string of the molecule is COC(=O)C(=C(O)OC)c1ccccc1COc1cc(C(F)(F)F)nc(OC(C)C)n1. The zero-order valence-corrected chi connectivity index (χ0v) is 17.2. The van der Waals surface area contributed by atoms with E-state index in [1.807, 2.05) is 0 Å². The van der Waals surface area contributed by atoms with Crippen LogP contribution in [0, 0.1) is 0 Å². The highest BCUT2D eigenvalue weighted by Gasteiger charge is 2.34. The van der Waals surface area contributed by atoms with Crippen LogP contribution in [0.5, 0.6) is 11.9 Å². The Balaban J connectivity index is 2.41. The summed E-state index contributed by atoms with van der Waals surface area (Å²) in [5.74, 6) is -1.94. The lowest BCUT2D eigenvalue weighted by molar-refractivity contribution is -0.141. The Morgan fingerprint density at radius 3 is 2.39 bits per heavy atom. The summed E-state index contributed by atoms with van der Waals surface area (Å²) in [5.41, 5.74) is -0.942. The molecule has 0 amide bonds. The predicted molar refractivity (Wildman–Crippen MR) is 102 cm³/mol. The largest absolute Gasteiger partial charge is 0.480 e. The van der Waals surface area contributed by atoms with Crippen molar-refractivity contribution in [3.05, 3.63) is 53.1 Å². The fourth-order valence-electron chi connectivity index (χ4n) is 2.44. The fourth-order valence-corrected chi connectivity index (χ4v) is 2.44. The summed E-state index contributed by atoms with van der Waals surface area (Å²) in [6.45, 7) is 2.94. The van der Waals surface area contributed by atoms with Gasteiger partial charge in [0, 0.05) is 11.6 Å². The molecule has 2 aromatic rings. The first-order chi connectivity index (χ1) is 14.6. The number of rotatable bonds is 8. The Labute approximate surface area is 176 Å². The molecule has 1 N–H and O–H groups in total. The second-order valence-electron chi connectivity index (χ2n) is 6.36. The third-order valence-corrected chi connectivity index (χ3v) is 3.77. The highest BCUT2D eigenvalue weighted by molar-refractivity contribution is 6.17. The molecule has 2 rings (SSSR count). The van der Waals surface area contributed by atoms with E-state index in [2.05, 4.69) is 14.7 Å². The van der Waals surface area contributed by atoms with E-state index >= 15 is 0 Å². The number of hydrogen-bond acceptors (Lipinski definition) is 8. The number of alkyl halides is 3. The van der Waals surface area contributed by atoms with E-state index in [9.17, 15) is 23.1 Å². The molecule has 8 nitrogen and oxygen atoms in total. The standard InChI is InChI=1S/C20H21F3N2O6/c1-11(2)31-19-24-14(20(21,22)23)9-15(25-19)30-10-12-7-5-6-8-13(12)16(17(26)28-3)18(27)29-4/h5-9,11,26H,10H2,1-4H3. The van der Waals surface area contributed by atoms with Gasteiger partial charge in [0.2, 0.25) is 5.88 Å². The number of esters is 1. The molecule has 0 radical (unpaired) electrons. The van der Waals surface area contributed by atoms with Crippen molar-refractivity contribution in [2.75, 3.05) is 14.2 Å². The van der Waals surface area contributed by atoms with Crippen molar-refractivity contribution in [1.82, 2.24) is 9.97 Å². The van der Waals surface area contributed by atoms with Crippen LogP contribution in [0.1, 0.15) is 30.7 Å². The second-order valence-corrected chi connectivity index (χ2v) is 6.36. The van der Waals surface area contributed by atoms with Crippen LogP contribution in [0.25, 0.3) is 5.57 Å². The lowest BCUT2D eigenvalue weighted by atomic mass is 10.0. The molecule has 11 heteroatoms. The summed E-state index contributed by atoms with van der Waals surface area (Å²) in [6.07, 6.45) is -5.19. The Kier molecular flexibility index (Phi) is 7.67. The molecule has 31 heavy (non-hydrogen) atoms. The van der Waals surface area contributed by atoms with Crippen molar-refractivity contribution in [3.8, 4) is 11.9 Å². The summed E-state index contributed by atoms with van der Waals surface area (Å²) in [5, 5.41) is 9.98. The smallest absolute Gasteiger partial charge is 0.433 e. The summed E-state index contributed by atoms with van der Waals surface area (Å²) >= 11 is 0. The number of ether oxygens (including phenoxy) is 4. The molecule has 0 atom stereocenters. The van der Waals surface area contributed by atoms with Crippen molar-refractivity contribution < 1.29 is 42.0 Å². The zero-order valence-electron chi connectivity index (χ0n) is 17.2. The molecule has 0 aliphatic rings. The van der Waals surface area contributed by atoms with Crippen molar-refractivity contribution in [2.24, 2.45) is 0 Å². The van der Waals surface area contributed by atoms with E-state index in [1.165, 1.54) is 6.07 Å². The summed E-state index contributed by atoms with van der Waals surface area (Å²) in [7, 11) is 2.29. The first-order valence-electron chi connectivity index (χ1n) is 8.96. The minimum Gasteiger partial charge on any atom is -0.480 e. The summed E-state index contributed by atoms with van der Waals surface area (Å²) in [6, 6.07) is 6.41. The number of benzene rings is 1. The Hall–Kier alpha value is -3.50. The highest BCUT2D eigenvalue weighted by Crippen LogP contribution is 2.31. The van der Waals surface area contributed by atoms with Gasteiger partial charge in [-0.25, -0.2) is 4.79 Å². The van der Waals surface area contributed by atoms with Crippen LogP contribution in [0.3, 0.4) is 0 Å². The van der Waals surface area contributed by atoms with E-state index in [1.54, 1.807) is 32.0 Å². The van der Waals surface area contributed by atoms with Crippen LogP contribution in [0.2, 0.25) is 0 Å². The first kappa shape index (κ1) is 23.8. The molecule has 0 saturated carbocycles. The molecular weight excluding hydrogens is 421 g/mol. The summed E-state index contributed by atoms with van der Waals surface area (Å²) < 4.78 is 59.6. The quantitative estimate of drug-likeness (QED) is 0.373. The normalized spacial score (nSPS) is 12.3. The molecule has 0 aliphatic heterocycles. The van der Waals surface area contributed by atoms with Gasteiger partial charge in [-0.2, -0.15) is 23.1 Å². The van der Waals surface area contributed by atoms with Crippen molar-refractivity contribution >= 4 is 11.5 Å². The number of nitrogens with zero attached hydrogens (tertiary/aromatic N) is 2. The molecule has 1 heterocycles. The maximum atomic E-state index is 13.2. The Morgan fingerprint density at radius 1 is 1.13 bits per heavy atom. The van der Waals surface area contributed by atoms with Gasteiger partial charge in [-0.15, -0.1) is 0 Å². The van der Waals surface area contributed by atoms with Crippen LogP contribution in [-0.2, 0) is 27.1 Å². The molecule has 1 aromatic carbocycles. The molecule has 0 aliphatic carbocycles. The van der Waals surface area contributed by atoms with Gasteiger partial charge in [0.05, 0.1) is 20.3 Å². The molecule has 0 unspecified atom stereocenters. The molecule has 168 valence electrons. The first-order valence-corrected chi connectivity index (χ1v) is 8.96. The molecule has 0 spiro atoms. The maximum absolute atomic E-state index is 13.2. The number of aromatic nitrogens is 2. The van der Waals surface area contributed by atoms with Crippen molar-refractivity contribution in [2.45, 2.75) is 32.7 Å². The van der Waals surface area contributed by atoms with Crippen molar-refractivity contribution in [3.63, 3.8) is 0 Å². The third kappa shape index (κ3) is 6.24. The van der Waals surface area contributed by atoms with Crippen LogP contribution >= 0.6 is 0 Å². The molecule has 0 bridgehead atoms. The van der Waals surface area contributed by atoms with Gasteiger partial charge < -0.3 is 24.1 Å². The highest BCUT2D eigenvalue weighted by atomic mass is 19.4. The number of carbonyl (C=O) groups is 1. The molecular formula is C20H21F3N2O6. The minimum absolute atomic E-state index is 0.206. The Bertz CT molecular complexity index is 960. The molecule has 0 saturated heterocycles. The minimum atomic E-state index is -4.74. The second kappa shape index (κ2) is 10.0. The van der Waals surface area contributed by atoms with E-state index in [-0.39, 0.29) is 23.6 Å². The number of aliphatic hydroxyl groups is 1. The van der Waals surface area contributed by atoms with Crippen LogP contribution in [0.15, 0.2) is 36.3 Å². The van der Waals surface area contributed by atoms with Crippen LogP contribution in [0.4, 0.5) is 13.2 Å². The van der Waals surface area contributed by atoms with E-state index in [0.717, 1.165) is 14.2 Å². The number of halogens is 3. The van der Waals surface area contributed by atoms with E-state index in [0.29, 0.717) is 11.6 Å². The average molecular weight is 442 g/mol. The average Bonchev–Trinajstić information content (AvgIpc) is 2.71. The van der Waals surface area contributed by atoms with Gasteiger partial charge in [0.25, 0.3) is 5.95 Å².